The standard InChI is InChI=1S/C16H13ClF2N2O/c17-11-3-1-4-12(18)10(11)9-22-14-6-2-5-13(19)15(14)16-20-7-8-21-16/h1-6H,7-9H2,(H,20,21). The number of amidine groups is 1. The zero-order chi connectivity index (χ0) is 15.5. The van der Waals surface area contributed by atoms with Crippen LogP contribution in [0, 0.1) is 11.6 Å². The fourth-order valence-electron chi connectivity index (χ4n) is 2.24. The Morgan fingerprint density at radius 2 is 1.91 bits per heavy atom. The summed E-state index contributed by atoms with van der Waals surface area (Å²) in [6.45, 7) is 1.15. The van der Waals surface area contributed by atoms with Gasteiger partial charge in [-0.3, -0.25) is 4.99 Å². The second kappa shape index (κ2) is 6.32. The van der Waals surface area contributed by atoms with Crippen LogP contribution in [-0.4, -0.2) is 18.9 Å². The van der Waals surface area contributed by atoms with Gasteiger partial charge in [-0.1, -0.05) is 23.7 Å². The SMILES string of the molecule is Fc1cccc(Cl)c1COc1cccc(F)c1C1=NCCN1. The van der Waals surface area contributed by atoms with Gasteiger partial charge >= 0.3 is 0 Å². The molecular weight excluding hydrogens is 310 g/mol. The minimum atomic E-state index is -0.457. The molecule has 1 N–H and O–H groups in total. The zero-order valence-electron chi connectivity index (χ0n) is 11.6. The van der Waals surface area contributed by atoms with Crippen LogP contribution in [-0.2, 0) is 6.61 Å². The fourth-order valence-corrected chi connectivity index (χ4v) is 2.46. The Morgan fingerprint density at radius 1 is 1.14 bits per heavy atom. The molecule has 0 unspecified atom stereocenters. The first-order valence-corrected chi connectivity index (χ1v) is 7.17. The Labute approximate surface area is 131 Å². The van der Waals surface area contributed by atoms with Crippen molar-refractivity contribution >= 4 is 17.4 Å². The first-order valence-electron chi connectivity index (χ1n) is 6.79. The Balaban J connectivity index is 1.88. The van der Waals surface area contributed by atoms with Crippen molar-refractivity contribution in [2.24, 2.45) is 4.99 Å². The van der Waals surface area contributed by atoms with Crippen molar-refractivity contribution in [3.05, 3.63) is 64.2 Å². The molecule has 1 heterocycles. The highest BCUT2D eigenvalue weighted by Gasteiger charge is 2.19. The van der Waals surface area contributed by atoms with Crippen molar-refractivity contribution < 1.29 is 13.5 Å². The largest absolute Gasteiger partial charge is 0.488 e. The average Bonchev–Trinajstić information content (AvgIpc) is 3.00. The Bertz CT molecular complexity index is 714. The lowest BCUT2D eigenvalue weighted by Gasteiger charge is -2.13. The van der Waals surface area contributed by atoms with Crippen LogP contribution in [0.2, 0.25) is 5.02 Å². The number of halogens is 3. The molecule has 1 aliphatic rings. The van der Waals surface area contributed by atoms with Gasteiger partial charge in [-0.15, -0.1) is 0 Å². The van der Waals surface area contributed by atoms with Gasteiger partial charge in [0.15, 0.2) is 0 Å². The second-order valence-electron chi connectivity index (χ2n) is 4.76. The fraction of sp³-hybridized carbons (Fsp3) is 0.188. The summed E-state index contributed by atoms with van der Waals surface area (Å²) in [6, 6.07) is 8.90. The van der Waals surface area contributed by atoms with Gasteiger partial charge in [-0.05, 0) is 24.3 Å². The van der Waals surface area contributed by atoms with E-state index in [-0.39, 0.29) is 22.8 Å². The van der Waals surface area contributed by atoms with E-state index in [0.29, 0.717) is 24.7 Å². The van der Waals surface area contributed by atoms with Crippen molar-refractivity contribution in [1.29, 1.82) is 0 Å². The van der Waals surface area contributed by atoms with Gasteiger partial charge < -0.3 is 10.1 Å². The number of aliphatic imine (C=N–C) groups is 1. The molecule has 0 aromatic heterocycles. The zero-order valence-corrected chi connectivity index (χ0v) is 12.3. The molecule has 6 heteroatoms. The normalized spacial score (nSPS) is 13.7. The molecule has 22 heavy (non-hydrogen) atoms. The van der Waals surface area contributed by atoms with Gasteiger partial charge in [-0.2, -0.15) is 0 Å². The van der Waals surface area contributed by atoms with Crippen molar-refractivity contribution in [2.75, 3.05) is 13.1 Å². The van der Waals surface area contributed by atoms with Crippen molar-refractivity contribution in [2.45, 2.75) is 6.61 Å². The smallest absolute Gasteiger partial charge is 0.137 e. The van der Waals surface area contributed by atoms with Gasteiger partial charge in [-0.25, -0.2) is 8.78 Å². The number of ether oxygens (including phenoxy) is 1. The van der Waals surface area contributed by atoms with E-state index >= 15 is 0 Å². The summed E-state index contributed by atoms with van der Waals surface area (Å²) in [4.78, 5) is 4.20. The molecule has 0 saturated heterocycles. The van der Waals surface area contributed by atoms with Crippen LogP contribution in [0.3, 0.4) is 0 Å². The molecule has 0 saturated carbocycles. The molecule has 3 rings (SSSR count). The molecule has 3 nitrogen and oxygen atoms in total. The summed E-state index contributed by atoms with van der Waals surface area (Å²) in [7, 11) is 0. The van der Waals surface area contributed by atoms with E-state index < -0.39 is 11.6 Å². The summed E-state index contributed by atoms with van der Waals surface area (Å²) in [5.41, 5.74) is 0.494. The van der Waals surface area contributed by atoms with E-state index in [2.05, 4.69) is 10.3 Å². The third kappa shape index (κ3) is 2.90. The minimum absolute atomic E-state index is 0.0881. The lowest BCUT2D eigenvalue weighted by atomic mass is 10.1. The molecule has 0 spiro atoms. The van der Waals surface area contributed by atoms with Crippen LogP contribution in [0.5, 0.6) is 5.75 Å². The molecule has 1 aliphatic heterocycles. The molecular formula is C16H13ClF2N2O. The Morgan fingerprint density at radius 3 is 2.64 bits per heavy atom. The summed E-state index contributed by atoms with van der Waals surface area (Å²) in [5.74, 6) is -0.146. The van der Waals surface area contributed by atoms with E-state index in [1.807, 2.05) is 0 Å². The quantitative estimate of drug-likeness (QED) is 0.934. The van der Waals surface area contributed by atoms with E-state index in [4.69, 9.17) is 16.3 Å². The van der Waals surface area contributed by atoms with Gasteiger partial charge in [0.1, 0.15) is 29.8 Å². The number of nitrogens with one attached hydrogen (secondary N) is 1. The highest BCUT2D eigenvalue weighted by molar-refractivity contribution is 6.31. The van der Waals surface area contributed by atoms with Crippen LogP contribution in [0.25, 0.3) is 0 Å². The second-order valence-corrected chi connectivity index (χ2v) is 5.17. The van der Waals surface area contributed by atoms with Crippen molar-refractivity contribution in [3.63, 3.8) is 0 Å². The van der Waals surface area contributed by atoms with E-state index in [1.165, 1.54) is 24.3 Å². The summed E-state index contributed by atoms with van der Waals surface area (Å²) < 4.78 is 33.4. The van der Waals surface area contributed by atoms with E-state index in [1.54, 1.807) is 12.1 Å². The molecule has 0 atom stereocenters. The summed E-state index contributed by atoms with van der Waals surface area (Å²) in [5, 5.41) is 3.28. The predicted molar refractivity (Wildman–Crippen MR) is 81.5 cm³/mol. The number of nitrogens with zero attached hydrogens (tertiary/aromatic N) is 1. The number of rotatable bonds is 4. The van der Waals surface area contributed by atoms with Gasteiger partial charge in [0.25, 0.3) is 0 Å². The maximum Gasteiger partial charge on any atom is 0.137 e. The van der Waals surface area contributed by atoms with Crippen LogP contribution >= 0.6 is 11.6 Å². The summed E-state index contributed by atoms with van der Waals surface area (Å²) >= 11 is 5.96. The molecule has 2 aromatic rings. The monoisotopic (exact) mass is 322 g/mol. The van der Waals surface area contributed by atoms with E-state index in [9.17, 15) is 8.78 Å². The number of hydrogen-bond donors (Lipinski definition) is 1. The van der Waals surface area contributed by atoms with Crippen molar-refractivity contribution in [1.82, 2.24) is 5.32 Å². The Kier molecular flexibility index (Phi) is 4.24. The molecule has 0 aliphatic carbocycles. The average molecular weight is 323 g/mol. The maximum atomic E-state index is 14.1. The van der Waals surface area contributed by atoms with Crippen LogP contribution in [0.1, 0.15) is 11.1 Å². The maximum absolute atomic E-state index is 14.1. The lowest BCUT2D eigenvalue weighted by Crippen LogP contribution is -2.21. The molecule has 0 radical (unpaired) electrons. The Hall–Kier alpha value is -2.14. The van der Waals surface area contributed by atoms with Gasteiger partial charge in [0.2, 0.25) is 0 Å². The minimum Gasteiger partial charge on any atom is -0.488 e. The predicted octanol–water partition coefficient (Wildman–Crippen LogP) is 3.55. The van der Waals surface area contributed by atoms with Crippen molar-refractivity contribution in [3.8, 4) is 5.75 Å². The first kappa shape index (κ1) is 14.8. The molecule has 0 fully saturated rings. The number of benzene rings is 2. The van der Waals surface area contributed by atoms with Crippen LogP contribution < -0.4 is 10.1 Å². The third-order valence-electron chi connectivity index (χ3n) is 3.32. The van der Waals surface area contributed by atoms with Gasteiger partial charge in [0, 0.05) is 12.1 Å². The molecule has 0 amide bonds. The van der Waals surface area contributed by atoms with Crippen LogP contribution in [0.15, 0.2) is 41.4 Å². The first-order chi connectivity index (χ1) is 10.7. The third-order valence-corrected chi connectivity index (χ3v) is 3.67. The highest BCUT2D eigenvalue weighted by atomic mass is 35.5. The highest BCUT2D eigenvalue weighted by Crippen LogP contribution is 2.26. The molecule has 0 bridgehead atoms. The lowest BCUT2D eigenvalue weighted by molar-refractivity contribution is 0.297. The topological polar surface area (TPSA) is 33.6 Å². The summed E-state index contributed by atoms with van der Waals surface area (Å²) in [6.07, 6.45) is 0. The van der Waals surface area contributed by atoms with E-state index in [0.717, 1.165) is 0 Å². The number of hydrogen-bond acceptors (Lipinski definition) is 3. The van der Waals surface area contributed by atoms with Gasteiger partial charge in [0.05, 0.1) is 17.1 Å². The molecule has 114 valence electrons. The van der Waals surface area contributed by atoms with Crippen LogP contribution in [0.4, 0.5) is 8.78 Å². The molecule has 2 aromatic carbocycles.